The van der Waals surface area contributed by atoms with Gasteiger partial charge in [-0.1, -0.05) is 54.9 Å². The number of amides is 1. The molecule has 3 rings (SSSR count). The molecule has 0 spiro atoms. The van der Waals surface area contributed by atoms with Crippen molar-refractivity contribution in [3.63, 3.8) is 0 Å². The van der Waals surface area contributed by atoms with Crippen molar-refractivity contribution in [1.82, 2.24) is 10.2 Å². The Balaban J connectivity index is 1.62. The van der Waals surface area contributed by atoms with Crippen molar-refractivity contribution in [2.24, 2.45) is 0 Å². The van der Waals surface area contributed by atoms with Gasteiger partial charge >= 0.3 is 0 Å². The van der Waals surface area contributed by atoms with Crippen molar-refractivity contribution in [3.8, 4) is 0 Å². The van der Waals surface area contributed by atoms with E-state index in [2.05, 4.69) is 41.4 Å². The molecular formula is C20H23ClN2O. The number of nitrogens with zero attached hydrogens (tertiary/aromatic N) is 1. The summed E-state index contributed by atoms with van der Waals surface area (Å²) >= 11 is 6.10. The summed E-state index contributed by atoms with van der Waals surface area (Å²) in [5, 5.41) is 3.54. The van der Waals surface area contributed by atoms with Gasteiger partial charge in [0.25, 0.3) is 5.91 Å². The number of carbonyl (C=O) groups excluding carboxylic acids is 1. The molecule has 0 aromatic heterocycles. The van der Waals surface area contributed by atoms with Gasteiger partial charge in [0.2, 0.25) is 0 Å². The van der Waals surface area contributed by atoms with Crippen LogP contribution in [-0.4, -0.2) is 29.9 Å². The highest BCUT2D eigenvalue weighted by Crippen LogP contribution is 2.21. The van der Waals surface area contributed by atoms with E-state index in [1.807, 2.05) is 12.1 Å². The first-order valence-electron chi connectivity index (χ1n) is 8.52. The number of rotatable bonds is 5. The van der Waals surface area contributed by atoms with E-state index in [0.717, 1.165) is 25.9 Å². The third kappa shape index (κ3) is 3.80. The zero-order valence-corrected chi connectivity index (χ0v) is 14.7. The quantitative estimate of drug-likeness (QED) is 0.893. The first-order valence-corrected chi connectivity index (χ1v) is 8.90. The van der Waals surface area contributed by atoms with Crippen LogP contribution >= 0.6 is 11.6 Å². The highest BCUT2D eigenvalue weighted by atomic mass is 35.5. The lowest BCUT2D eigenvalue weighted by Gasteiger charge is -2.35. The number of hydrogen-bond donors (Lipinski definition) is 1. The number of fused-ring (bicyclic) bond motifs is 1. The molecule has 0 aliphatic carbocycles. The van der Waals surface area contributed by atoms with Gasteiger partial charge < -0.3 is 5.32 Å². The number of benzene rings is 2. The van der Waals surface area contributed by atoms with Gasteiger partial charge in [0.1, 0.15) is 0 Å². The third-order valence-electron chi connectivity index (χ3n) is 4.76. The molecular weight excluding hydrogens is 320 g/mol. The van der Waals surface area contributed by atoms with Crippen LogP contribution in [0, 0.1) is 0 Å². The molecule has 0 saturated carbocycles. The molecule has 1 amide bonds. The van der Waals surface area contributed by atoms with Crippen LogP contribution < -0.4 is 5.32 Å². The van der Waals surface area contributed by atoms with Gasteiger partial charge in [-0.3, -0.25) is 9.69 Å². The largest absolute Gasteiger partial charge is 0.350 e. The van der Waals surface area contributed by atoms with E-state index < -0.39 is 0 Å². The Hall–Kier alpha value is -1.84. The normalized spacial score (nSPS) is 15.6. The molecule has 24 heavy (non-hydrogen) atoms. The standard InChI is InChI=1S/C20H23ClN2O/c1-2-17(13-22-20(24)18-9-5-6-10-19(18)21)23-12-11-15-7-3-4-8-16(15)14-23/h3-10,17H,2,11-14H2,1H3,(H,22,24). The maximum absolute atomic E-state index is 12.4. The van der Waals surface area contributed by atoms with E-state index in [9.17, 15) is 4.79 Å². The van der Waals surface area contributed by atoms with Crippen molar-refractivity contribution in [3.05, 3.63) is 70.2 Å². The fourth-order valence-corrected chi connectivity index (χ4v) is 3.53. The molecule has 1 aliphatic heterocycles. The van der Waals surface area contributed by atoms with E-state index in [4.69, 9.17) is 11.6 Å². The number of halogens is 1. The van der Waals surface area contributed by atoms with Gasteiger partial charge in [-0.05, 0) is 36.1 Å². The monoisotopic (exact) mass is 342 g/mol. The highest BCUT2D eigenvalue weighted by molar-refractivity contribution is 6.33. The predicted octanol–water partition coefficient (Wildman–Crippen LogP) is 3.91. The van der Waals surface area contributed by atoms with Gasteiger partial charge in [0.15, 0.2) is 0 Å². The van der Waals surface area contributed by atoms with Gasteiger partial charge in [0, 0.05) is 25.7 Å². The molecule has 0 radical (unpaired) electrons. The summed E-state index contributed by atoms with van der Waals surface area (Å²) < 4.78 is 0. The Morgan fingerprint density at radius 1 is 1.17 bits per heavy atom. The summed E-state index contributed by atoms with van der Waals surface area (Å²) in [5.41, 5.74) is 3.39. The van der Waals surface area contributed by atoms with E-state index in [1.54, 1.807) is 12.1 Å². The summed E-state index contributed by atoms with van der Waals surface area (Å²) in [6.45, 7) is 4.81. The van der Waals surface area contributed by atoms with Crippen molar-refractivity contribution in [2.45, 2.75) is 32.4 Å². The number of hydrogen-bond acceptors (Lipinski definition) is 2. The molecule has 0 bridgehead atoms. The maximum Gasteiger partial charge on any atom is 0.252 e. The fourth-order valence-electron chi connectivity index (χ4n) is 3.31. The molecule has 4 heteroatoms. The minimum atomic E-state index is -0.101. The van der Waals surface area contributed by atoms with Crippen LogP contribution in [-0.2, 0) is 13.0 Å². The summed E-state index contributed by atoms with van der Waals surface area (Å²) in [7, 11) is 0. The maximum atomic E-state index is 12.4. The lowest BCUT2D eigenvalue weighted by Crippen LogP contribution is -2.45. The van der Waals surface area contributed by atoms with Gasteiger partial charge in [-0.2, -0.15) is 0 Å². The van der Waals surface area contributed by atoms with Gasteiger partial charge in [-0.15, -0.1) is 0 Å². The van der Waals surface area contributed by atoms with Crippen molar-refractivity contribution in [2.75, 3.05) is 13.1 Å². The Bertz CT molecular complexity index is 716. The molecule has 0 saturated heterocycles. The second-order valence-electron chi connectivity index (χ2n) is 6.24. The first-order chi connectivity index (χ1) is 11.7. The predicted molar refractivity (Wildman–Crippen MR) is 98.4 cm³/mol. The summed E-state index contributed by atoms with van der Waals surface area (Å²) in [6.07, 6.45) is 2.08. The van der Waals surface area contributed by atoms with Crippen LogP contribution in [0.3, 0.4) is 0 Å². The van der Waals surface area contributed by atoms with Crippen LogP contribution in [0.4, 0.5) is 0 Å². The van der Waals surface area contributed by atoms with Crippen molar-refractivity contribution in [1.29, 1.82) is 0 Å². The fraction of sp³-hybridized carbons (Fsp3) is 0.350. The average molecular weight is 343 g/mol. The van der Waals surface area contributed by atoms with Crippen LogP contribution in [0.25, 0.3) is 0 Å². The second kappa shape index (κ2) is 7.82. The van der Waals surface area contributed by atoms with E-state index in [-0.39, 0.29) is 5.91 Å². The van der Waals surface area contributed by atoms with Crippen LogP contribution in [0.15, 0.2) is 48.5 Å². The Morgan fingerprint density at radius 2 is 1.88 bits per heavy atom. The SMILES string of the molecule is CCC(CNC(=O)c1ccccc1Cl)N1CCc2ccccc2C1. The molecule has 1 atom stereocenters. The molecule has 1 N–H and O–H groups in total. The summed E-state index contributed by atoms with van der Waals surface area (Å²) in [4.78, 5) is 14.8. The smallest absolute Gasteiger partial charge is 0.252 e. The third-order valence-corrected chi connectivity index (χ3v) is 5.09. The molecule has 2 aromatic rings. The summed E-state index contributed by atoms with van der Waals surface area (Å²) in [6, 6.07) is 16.1. The molecule has 126 valence electrons. The summed E-state index contributed by atoms with van der Waals surface area (Å²) in [5.74, 6) is -0.101. The van der Waals surface area contributed by atoms with Crippen LogP contribution in [0.5, 0.6) is 0 Å². The lowest BCUT2D eigenvalue weighted by molar-refractivity contribution is 0.0926. The molecule has 0 fully saturated rings. The lowest BCUT2D eigenvalue weighted by atomic mass is 9.98. The average Bonchev–Trinajstić information content (AvgIpc) is 2.62. The van der Waals surface area contributed by atoms with Crippen LogP contribution in [0.2, 0.25) is 5.02 Å². The molecule has 2 aromatic carbocycles. The van der Waals surface area contributed by atoms with Gasteiger partial charge in [0.05, 0.1) is 10.6 Å². The minimum absolute atomic E-state index is 0.101. The Kier molecular flexibility index (Phi) is 5.54. The van der Waals surface area contributed by atoms with E-state index in [1.165, 1.54) is 11.1 Å². The Morgan fingerprint density at radius 3 is 2.62 bits per heavy atom. The Labute approximate surface area is 148 Å². The van der Waals surface area contributed by atoms with Gasteiger partial charge in [-0.25, -0.2) is 0 Å². The van der Waals surface area contributed by atoms with Crippen molar-refractivity contribution < 1.29 is 4.79 Å². The molecule has 3 nitrogen and oxygen atoms in total. The highest BCUT2D eigenvalue weighted by Gasteiger charge is 2.23. The topological polar surface area (TPSA) is 32.3 Å². The molecule has 1 heterocycles. The molecule has 1 aliphatic rings. The minimum Gasteiger partial charge on any atom is -0.350 e. The van der Waals surface area contributed by atoms with E-state index in [0.29, 0.717) is 23.2 Å². The second-order valence-corrected chi connectivity index (χ2v) is 6.65. The zero-order chi connectivity index (χ0) is 16.9. The number of carbonyl (C=O) groups is 1. The first kappa shape index (κ1) is 17.0. The number of nitrogens with one attached hydrogen (secondary N) is 1. The van der Waals surface area contributed by atoms with Crippen LogP contribution in [0.1, 0.15) is 34.8 Å². The molecule has 1 unspecified atom stereocenters. The van der Waals surface area contributed by atoms with Crippen molar-refractivity contribution >= 4 is 17.5 Å². The zero-order valence-electron chi connectivity index (χ0n) is 14.0. The van der Waals surface area contributed by atoms with E-state index >= 15 is 0 Å².